The number of amides is 2. The first-order valence-corrected chi connectivity index (χ1v) is 12.9. The Labute approximate surface area is 220 Å². The zero-order valence-corrected chi connectivity index (χ0v) is 22.6. The molecule has 2 amide bonds. The highest BCUT2D eigenvalue weighted by Crippen LogP contribution is 2.41. The summed E-state index contributed by atoms with van der Waals surface area (Å²) in [6.07, 6.45) is 2.66. The highest BCUT2D eigenvalue weighted by molar-refractivity contribution is 5.97. The predicted octanol–water partition coefficient (Wildman–Crippen LogP) is 4.88. The Morgan fingerprint density at radius 3 is 2.30 bits per heavy atom. The van der Waals surface area contributed by atoms with E-state index in [4.69, 9.17) is 15.2 Å². The van der Waals surface area contributed by atoms with Crippen molar-refractivity contribution in [1.82, 2.24) is 10.2 Å². The number of nitrogens with zero attached hydrogens (tertiary/aromatic N) is 2. The van der Waals surface area contributed by atoms with Crippen LogP contribution < -0.4 is 15.8 Å². The Kier molecular flexibility index (Phi) is 9.18. The maximum atomic E-state index is 13.1. The van der Waals surface area contributed by atoms with E-state index in [0.717, 1.165) is 25.7 Å². The Bertz CT molecular complexity index is 1090. The molecule has 8 heteroatoms. The summed E-state index contributed by atoms with van der Waals surface area (Å²) in [5, 5.41) is 3.18. The summed E-state index contributed by atoms with van der Waals surface area (Å²) in [5.41, 5.74) is 7.49. The monoisotopic (exact) mass is 508 g/mol. The van der Waals surface area contributed by atoms with Crippen molar-refractivity contribution < 1.29 is 19.1 Å². The molecule has 0 heterocycles. The summed E-state index contributed by atoms with van der Waals surface area (Å²) in [6.45, 7) is 8.67. The lowest BCUT2D eigenvalue weighted by Gasteiger charge is -2.48. The Balaban J connectivity index is 1.82. The van der Waals surface area contributed by atoms with Crippen LogP contribution in [0, 0.1) is 0 Å². The summed E-state index contributed by atoms with van der Waals surface area (Å²) >= 11 is 0. The van der Waals surface area contributed by atoms with Crippen LogP contribution in [0.3, 0.4) is 0 Å². The molecule has 2 aromatic carbocycles. The number of nitrogens with one attached hydrogen (secondary N) is 1. The molecule has 1 aliphatic rings. The predicted molar refractivity (Wildman–Crippen MR) is 146 cm³/mol. The lowest BCUT2D eigenvalue weighted by atomic mass is 9.67. The van der Waals surface area contributed by atoms with E-state index in [9.17, 15) is 9.59 Å². The van der Waals surface area contributed by atoms with E-state index < -0.39 is 6.09 Å². The van der Waals surface area contributed by atoms with Gasteiger partial charge in [-0.3, -0.25) is 4.79 Å². The third-order valence-corrected chi connectivity index (χ3v) is 7.05. The van der Waals surface area contributed by atoms with Crippen LogP contribution in [0.4, 0.5) is 4.79 Å². The number of hydrogen-bond acceptors (Lipinski definition) is 4. The minimum atomic E-state index is -0.678. The number of nitrogens with two attached hydrogens (primary N) is 1. The maximum Gasteiger partial charge on any atom is 0.436 e. The number of carbonyl (C=O) groups is 2. The van der Waals surface area contributed by atoms with Crippen LogP contribution in [0.2, 0.25) is 0 Å². The Hall–Kier alpha value is -3.55. The van der Waals surface area contributed by atoms with Crippen molar-refractivity contribution in [3.05, 3.63) is 65.7 Å². The van der Waals surface area contributed by atoms with Gasteiger partial charge in [-0.1, -0.05) is 42.5 Å². The molecule has 0 radical (unpaired) electrons. The average molecular weight is 509 g/mol. The molecule has 0 aliphatic heterocycles. The highest BCUT2D eigenvalue weighted by atomic mass is 16.5. The van der Waals surface area contributed by atoms with Crippen molar-refractivity contribution in [2.24, 2.45) is 10.7 Å². The normalized spacial score (nSPS) is 20.1. The zero-order valence-electron chi connectivity index (χ0n) is 22.6. The molecule has 0 spiro atoms. The smallest absolute Gasteiger partial charge is 0.436 e. The molecule has 0 bridgehead atoms. The standard InChI is InChI=1S/C29H40N4O4/c1-6-37-27(35)32-26(30)33(28(2,3)4)22-16-18-29(19-17-22,21-12-8-7-9-13-21)20-31-25(34)23-14-10-11-15-24(23)36-5/h7-15,22H,6,16-20H2,1-5H3,(H,31,34)(H2,30,32,35). The molecular formula is C29H40N4O4. The fourth-order valence-corrected chi connectivity index (χ4v) is 5.33. The lowest BCUT2D eigenvalue weighted by molar-refractivity contribution is 0.0902. The second-order valence-corrected chi connectivity index (χ2v) is 10.5. The molecule has 0 atom stereocenters. The number of rotatable bonds is 7. The molecule has 0 saturated heterocycles. The van der Waals surface area contributed by atoms with E-state index in [0.29, 0.717) is 17.9 Å². The van der Waals surface area contributed by atoms with E-state index in [2.05, 4.69) is 43.2 Å². The minimum Gasteiger partial charge on any atom is -0.496 e. The molecule has 200 valence electrons. The van der Waals surface area contributed by atoms with E-state index in [1.807, 2.05) is 35.2 Å². The molecule has 0 aromatic heterocycles. The number of benzene rings is 2. The van der Waals surface area contributed by atoms with Crippen LogP contribution in [0.15, 0.2) is 59.6 Å². The van der Waals surface area contributed by atoms with Gasteiger partial charge < -0.3 is 25.4 Å². The second kappa shape index (κ2) is 12.1. The molecule has 0 unspecified atom stereocenters. The van der Waals surface area contributed by atoms with Crippen LogP contribution >= 0.6 is 0 Å². The number of carbonyl (C=O) groups excluding carboxylic acids is 2. The summed E-state index contributed by atoms with van der Waals surface area (Å²) in [7, 11) is 1.57. The van der Waals surface area contributed by atoms with Gasteiger partial charge in [-0.15, -0.1) is 4.99 Å². The van der Waals surface area contributed by atoms with Crippen molar-refractivity contribution in [2.45, 2.75) is 70.4 Å². The largest absolute Gasteiger partial charge is 0.496 e. The summed E-state index contributed by atoms with van der Waals surface area (Å²) in [4.78, 5) is 31.2. The van der Waals surface area contributed by atoms with Crippen LogP contribution in [0.5, 0.6) is 5.75 Å². The van der Waals surface area contributed by atoms with Gasteiger partial charge in [0.05, 0.1) is 19.3 Å². The van der Waals surface area contributed by atoms with Crippen molar-refractivity contribution in [1.29, 1.82) is 0 Å². The first kappa shape index (κ1) is 28.0. The Morgan fingerprint density at radius 2 is 1.70 bits per heavy atom. The van der Waals surface area contributed by atoms with Crippen molar-refractivity contribution >= 4 is 18.0 Å². The molecule has 1 aliphatic carbocycles. The van der Waals surface area contributed by atoms with Gasteiger partial charge in [-0.25, -0.2) is 4.79 Å². The first-order valence-electron chi connectivity index (χ1n) is 12.9. The van der Waals surface area contributed by atoms with Crippen molar-refractivity contribution in [3.8, 4) is 5.75 Å². The number of aliphatic imine (C=N–C) groups is 1. The lowest BCUT2D eigenvalue weighted by Crippen LogP contribution is -2.57. The van der Waals surface area contributed by atoms with Crippen LogP contribution in [0.1, 0.15) is 69.3 Å². The molecular weight excluding hydrogens is 468 g/mol. The summed E-state index contributed by atoms with van der Waals surface area (Å²) < 4.78 is 10.4. The van der Waals surface area contributed by atoms with Crippen molar-refractivity contribution in [3.63, 3.8) is 0 Å². The fraction of sp³-hybridized carbons (Fsp3) is 0.483. The van der Waals surface area contributed by atoms with Gasteiger partial charge in [0.25, 0.3) is 5.91 Å². The molecule has 3 N–H and O–H groups in total. The second-order valence-electron chi connectivity index (χ2n) is 10.5. The van der Waals surface area contributed by atoms with Gasteiger partial charge in [0.2, 0.25) is 5.96 Å². The molecule has 8 nitrogen and oxygen atoms in total. The van der Waals surface area contributed by atoms with Gasteiger partial charge in [0.1, 0.15) is 5.75 Å². The van der Waals surface area contributed by atoms with Gasteiger partial charge >= 0.3 is 6.09 Å². The average Bonchev–Trinajstić information content (AvgIpc) is 2.88. The highest BCUT2D eigenvalue weighted by Gasteiger charge is 2.41. The van der Waals surface area contributed by atoms with Crippen LogP contribution in [-0.2, 0) is 10.2 Å². The third-order valence-electron chi connectivity index (χ3n) is 7.05. The van der Waals surface area contributed by atoms with E-state index in [1.165, 1.54) is 5.56 Å². The molecule has 37 heavy (non-hydrogen) atoms. The van der Waals surface area contributed by atoms with Gasteiger partial charge in [0, 0.05) is 23.5 Å². The maximum absolute atomic E-state index is 13.1. The van der Waals surface area contributed by atoms with E-state index in [-0.39, 0.29) is 35.5 Å². The topological polar surface area (TPSA) is 106 Å². The number of methoxy groups -OCH3 is 1. The quantitative estimate of drug-likeness (QED) is 0.408. The first-order chi connectivity index (χ1) is 17.6. The minimum absolute atomic E-state index is 0.0972. The SMILES string of the molecule is CCOC(=O)N=C(N)N(C1CCC(CNC(=O)c2ccccc2OC)(c2ccccc2)CC1)C(C)(C)C. The number of ether oxygens (including phenoxy) is 2. The molecule has 1 saturated carbocycles. The third kappa shape index (κ3) is 6.81. The zero-order chi connectivity index (χ0) is 27.1. The van der Waals surface area contributed by atoms with E-state index >= 15 is 0 Å². The molecule has 2 aromatic rings. The van der Waals surface area contributed by atoms with Gasteiger partial charge in [-0.05, 0) is 71.1 Å². The summed E-state index contributed by atoms with van der Waals surface area (Å²) in [5.74, 6) is 0.569. The fourth-order valence-electron chi connectivity index (χ4n) is 5.33. The van der Waals surface area contributed by atoms with Crippen molar-refractivity contribution in [2.75, 3.05) is 20.3 Å². The molecule has 3 rings (SSSR count). The Morgan fingerprint density at radius 1 is 1.08 bits per heavy atom. The van der Waals surface area contributed by atoms with E-state index in [1.54, 1.807) is 26.2 Å². The number of hydrogen-bond donors (Lipinski definition) is 2. The van der Waals surface area contributed by atoms with Crippen LogP contribution in [-0.4, -0.2) is 54.7 Å². The number of para-hydroxylation sites is 1. The van der Waals surface area contributed by atoms with Gasteiger partial charge in [-0.2, -0.15) is 0 Å². The van der Waals surface area contributed by atoms with Crippen LogP contribution in [0.25, 0.3) is 0 Å². The van der Waals surface area contributed by atoms with Gasteiger partial charge in [0.15, 0.2) is 0 Å². The number of guanidine groups is 1. The summed E-state index contributed by atoms with van der Waals surface area (Å²) in [6, 6.07) is 17.7. The molecule has 1 fully saturated rings.